The second kappa shape index (κ2) is 8.29. The molecule has 0 amide bonds. The number of benzene rings is 2. The number of halogens is 3. The number of fused-ring (bicyclic) bond motifs is 3. The number of alkyl halides is 3. The Hall–Kier alpha value is -3.43. The van der Waals surface area contributed by atoms with Crippen molar-refractivity contribution in [1.82, 2.24) is 9.55 Å². The van der Waals surface area contributed by atoms with Crippen LogP contribution in [0.2, 0.25) is 0 Å². The predicted octanol–water partition coefficient (Wildman–Crippen LogP) is 5.16. The average molecular weight is 514 g/mol. The number of rotatable bonds is 6. The fourth-order valence-electron chi connectivity index (χ4n) is 6.00. The lowest BCUT2D eigenvalue weighted by Crippen LogP contribution is -2.62. The minimum Gasteiger partial charge on any atom is -0.493 e. The van der Waals surface area contributed by atoms with Crippen LogP contribution in [-0.4, -0.2) is 29.8 Å². The van der Waals surface area contributed by atoms with Gasteiger partial charge in [0.2, 0.25) is 5.95 Å². The van der Waals surface area contributed by atoms with Gasteiger partial charge in [-0.2, -0.15) is 18.2 Å². The van der Waals surface area contributed by atoms with Gasteiger partial charge < -0.3 is 25.1 Å². The van der Waals surface area contributed by atoms with Crippen LogP contribution in [0.5, 0.6) is 11.5 Å². The third-order valence-corrected chi connectivity index (χ3v) is 8.53. The molecule has 7 rings (SSSR count). The van der Waals surface area contributed by atoms with Gasteiger partial charge in [-0.1, -0.05) is 6.92 Å². The molecule has 7 nitrogen and oxygen atoms in total. The van der Waals surface area contributed by atoms with Crippen LogP contribution in [0.25, 0.3) is 10.9 Å². The first kappa shape index (κ1) is 23.9. The first-order valence-corrected chi connectivity index (χ1v) is 12.6. The summed E-state index contributed by atoms with van der Waals surface area (Å²) in [5, 5.41) is 4.01. The first-order chi connectivity index (χ1) is 17.6. The Labute approximate surface area is 212 Å². The molecule has 2 bridgehead atoms. The highest BCUT2D eigenvalue weighted by atomic mass is 19.4. The van der Waals surface area contributed by atoms with Crippen LogP contribution in [0.3, 0.4) is 0 Å². The molecule has 3 aliphatic carbocycles. The van der Waals surface area contributed by atoms with Crippen molar-refractivity contribution in [2.45, 2.75) is 45.5 Å². The fraction of sp³-hybridized carbons (Fsp3) is 0.481. The number of nitrogens with one attached hydrogen (secondary N) is 1. The Kier molecular flexibility index (Phi) is 5.36. The van der Waals surface area contributed by atoms with E-state index in [4.69, 9.17) is 25.2 Å². The first-order valence-electron chi connectivity index (χ1n) is 12.6. The summed E-state index contributed by atoms with van der Waals surface area (Å²) < 4.78 is 54.2. The quantitative estimate of drug-likeness (QED) is 0.445. The molecule has 0 radical (unpaired) electrons. The van der Waals surface area contributed by atoms with Crippen molar-refractivity contribution in [1.29, 1.82) is 0 Å². The lowest BCUT2D eigenvalue weighted by atomic mass is 9.38. The van der Waals surface area contributed by atoms with Gasteiger partial charge in [-0.25, -0.2) is 0 Å². The van der Waals surface area contributed by atoms with Gasteiger partial charge in [0.25, 0.3) is 0 Å². The summed E-state index contributed by atoms with van der Waals surface area (Å²) in [6.07, 6.45) is -2.08. The number of anilines is 2. The smallest absolute Gasteiger partial charge is 0.416 e. The van der Waals surface area contributed by atoms with Gasteiger partial charge in [-0.3, -0.25) is 4.99 Å². The topological polar surface area (TPSA) is 86.7 Å². The molecule has 3 aromatic rings. The van der Waals surface area contributed by atoms with E-state index in [-0.39, 0.29) is 11.1 Å². The molecule has 2 atom stereocenters. The summed E-state index contributed by atoms with van der Waals surface area (Å²) >= 11 is 0. The second-order valence-corrected chi connectivity index (χ2v) is 10.7. The van der Waals surface area contributed by atoms with Gasteiger partial charge in [0, 0.05) is 35.6 Å². The van der Waals surface area contributed by atoms with E-state index in [2.05, 4.69) is 16.8 Å². The van der Waals surface area contributed by atoms with Crippen LogP contribution in [0.15, 0.2) is 35.3 Å². The van der Waals surface area contributed by atoms with Crippen LogP contribution < -0.4 is 26.0 Å². The van der Waals surface area contributed by atoms with E-state index < -0.39 is 17.8 Å². The summed E-state index contributed by atoms with van der Waals surface area (Å²) in [4.78, 5) is 9.50. The predicted molar refractivity (Wildman–Crippen MR) is 134 cm³/mol. The van der Waals surface area contributed by atoms with Crippen molar-refractivity contribution in [2.75, 3.05) is 31.3 Å². The minimum absolute atomic E-state index is 0.0409. The van der Waals surface area contributed by atoms with Gasteiger partial charge >= 0.3 is 6.18 Å². The molecule has 3 fully saturated rings. The van der Waals surface area contributed by atoms with E-state index in [1.165, 1.54) is 18.9 Å². The number of hydrogen-bond acceptors (Lipinski definition) is 6. The Balaban J connectivity index is 1.44. The molecule has 3 saturated carbocycles. The zero-order valence-electron chi connectivity index (χ0n) is 21.0. The molecular weight excluding hydrogens is 483 g/mol. The Morgan fingerprint density at radius 3 is 2.65 bits per heavy atom. The lowest BCUT2D eigenvalue weighted by Gasteiger charge is -2.67. The van der Waals surface area contributed by atoms with E-state index in [0.717, 1.165) is 35.5 Å². The maximum Gasteiger partial charge on any atom is 0.416 e. The molecule has 37 heavy (non-hydrogen) atoms. The largest absolute Gasteiger partial charge is 0.493 e. The normalized spacial score (nSPS) is 25.2. The summed E-state index contributed by atoms with van der Waals surface area (Å²) in [5.41, 5.74) is 6.96. The summed E-state index contributed by atoms with van der Waals surface area (Å²) in [6.45, 7) is 6.10. The highest BCUT2D eigenvalue weighted by Crippen LogP contribution is 2.68. The van der Waals surface area contributed by atoms with Crippen molar-refractivity contribution in [3.8, 4) is 11.5 Å². The van der Waals surface area contributed by atoms with E-state index in [9.17, 15) is 13.2 Å². The van der Waals surface area contributed by atoms with E-state index in [1.54, 1.807) is 14.0 Å². The van der Waals surface area contributed by atoms with E-state index in [1.807, 2.05) is 12.1 Å². The Bertz CT molecular complexity index is 1460. The molecule has 10 heteroatoms. The number of nitrogens with zero attached hydrogens (tertiary/aromatic N) is 3. The molecule has 196 valence electrons. The maximum absolute atomic E-state index is 13.4. The molecule has 2 heterocycles. The monoisotopic (exact) mass is 513 g/mol. The Morgan fingerprint density at radius 2 is 2.00 bits per heavy atom. The van der Waals surface area contributed by atoms with Crippen molar-refractivity contribution < 1.29 is 22.6 Å². The number of ether oxygens (including phenoxy) is 2. The van der Waals surface area contributed by atoms with Crippen molar-refractivity contribution in [3.63, 3.8) is 0 Å². The van der Waals surface area contributed by atoms with Gasteiger partial charge in [-0.15, -0.1) is 0 Å². The third-order valence-electron chi connectivity index (χ3n) is 8.53. The second-order valence-electron chi connectivity index (χ2n) is 10.7. The molecule has 1 unspecified atom stereocenters. The number of aromatic nitrogens is 2. The molecule has 2 aromatic carbocycles. The molecule has 4 aliphatic rings. The molecule has 0 saturated heterocycles. The van der Waals surface area contributed by atoms with Crippen LogP contribution in [0.1, 0.15) is 43.9 Å². The van der Waals surface area contributed by atoms with Crippen molar-refractivity contribution >= 4 is 22.5 Å². The average Bonchev–Trinajstić information content (AvgIpc) is 3.30. The van der Waals surface area contributed by atoms with Gasteiger partial charge in [-0.05, 0) is 61.4 Å². The third kappa shape index (κ3) is 3.88. The molecule has 0 spiro atoms. The van der Waals surface area contributed by atoms with E-state index >= 15 is 0 Å². The van der Waals surface area contributed by atoms with Crippen molar-refractivity contribution in [3.05, 3.63) is 46.9 Å². The van der Waals surface area contributed by atoms with Crippen LogP contribution in [0.4, 0.5) is 24.8 Å². The maximum atomic E-state index is 13.4. The SMILES string of the molecule is COc1cc2c(cc1OCC13CC(C1)[C@@H]3C)c(=NC(C)c1cc(N)cc(C(F)(F)F)c1)nc1n2CCN1. The zero-order valence-corrected chi connectivity index (χ0v) is 21.0. The van der Waals surface area contributed by atoms with Gasteiger partial charge in [0.15, 0.2) is 17.0 Å². The summed E-state index contributed by atoms with van der Waals surface area (Å²) in [6, 6.07) is 6.76. The number of hydrogen-bond donors (Lipinski definition) is 2. The standard InChI is InChI=1S/C27H30F3N5O2/c1-14-17-11-26(14,12-17)13-37-23-9-20-21(10-22(23)36-3)35-5-4-32-25(35)34-24(20)33-15(2)16-6-18(27(28,29)30)8-19(31)7-16/h6-10,14-15,17H,4-5,11-13,31H2,1-3H3,(H,32,33,34)/t14-,15?,17?,26?/m0/s1. The highest BCUT2D eigenvalue weighted by molar-refractivity contribution is 5.83. The van der Waals surface area contributed by atoms with Gasteiger partial charge in [0.1, 0.15) is 0 Å². The van der Waals surface area contributed by atoms with Crippen LogP contribution >= 0.6 is 0 Å². The van der Waals surface area contributed by atoms with Gasteiger partial charge in [0.05, 0.1) is 30.8 Å². The molecule has 3 N–H and O–H groups in total. The number of methoxy groups -OCH3 is 1. The minimum atomic E-state index is -4.50. The van der Waals surface area contributed by atoms with Crippen LogP contribution in [0, 0.1) is 17.3 Å². The molecule has 1 aliphatic heterocycles. The Morgan fingerprint density at radius 1 is 1.22 bits per heavy atom. The summed E-state index contributed by atoms with van der Waals surface area (Å²) in [5.74, 6) is 3.41. The van der Waals surface area contributed by atoms with Crippen LogP contribution in [-0.2, 0) is 12.7 Å². The zero-order chi connectivity index (χ0) is 26.1. The lowest BCUT2D eigenvalue weighted by molar-refractivity contribution is -0.198. The fourth-order valence-corrected chi connectivity index (χ4v) is 6.00. The van der Waals surface area contributed by atoms with E-state index in [0.29, 0.717) is 47.6 Å². The molecule has 1 aromatic heterocycles. The number of nitrogen functional groups attached to an aromatic ring is 1. The molecular formula is C27H30F3N5O2. The number of nitrogens with two attached hydrogens (primary N) is 1. The van der Waals surface area contributed by atoms with Crippen molar-refractivity contribution in [2.24, 2.45) is 22.2 Å². The summed E-state index contributed by atoms with van der Waals surface area (Å²) in [7, 11) is 1.62. The highest BCUT2D eigenvalue weighted by Gasteiger charge is 2.63.